The summed E-state index contributed by atoms with van der Waals surface area (Å²) in [5.74, 6) is 0. The van der Waals surface area contributed by atoms with Gasteiger partial charge in [0, 0.05) is 27.8 Å². The van der Waals surface area contributed by atoms with Crippen molar-refractivity contribution < 1.29 is 0 Å². The summed E-state index contributed by atoms with van der Waals surface area (Å²) in [6.07, 6.45) is 0. The van der Waals surface area contributed by atoms with Gasteiger partial charge in [-0.1, -0.05) is 204 Å². The van der Waals surface area contributed by atoms with Crippen LogP contribution in [0.3, 0.4) is 0 Å². The molecule has 0 saturated carbocycles. The number of anilines is 3. The molecule has 1 heteroatoms. The molecule has 2 aliphatic carbocycles. The van der Waals surface area contributed by atoms with Crippen molar-refractivity contribution in [2.24, 2.45) is 0 Å². The van der Waals surface area contributed by atoms with Crippen molar-refractivity contribution in [1.29, 1.82) is 0 Å². The Balaban J connectivity index is 1.08. The summed E-state index contributed by atoms with van der Waals surface area (Å²) in [6.45, 7) is 9.44. The van der Waals surface area contributed by atoms with E-state index in [1.807, 2.05) is 0 Å². The van der Waals surface area contributed by atoms with Crippen molar-refractivity contribution in [2.45, 2.75) is 38.5 Å². The van der Waals surface area contributed by atoms with Gasteiger partial charge in [0.05, 0.1) is 5.69 Å². The molecule has 0 radical (unpaired) electrons. The van der Waals surface area contributed by atoms with Crippen LogP contribution in [0.5, 0.6) is 0 Å². The molecule has 0 heterocycles. The summed E-state index contributed by atoms with van der Waals surface area (Å²) in [5.41, 5.74) is 23.8. The van der Waals surface area contributed by atoms with Gasteiger partial charge >= 0.3 is 0 Å². The van der Waals surface area contributed by atoms with Gasteiger partial charge in [0.25, 0.3) is 0 Å². The molecule has 0 spiro atoms. The van der Waals surface area contributed by atoms with Crippen molar-refractivity contribution in [1.82, 2.24) is 0 Å². The van der Waals surface area contributed by atoms with Gasteiger partial charge in [-0.2, -0.15) is 0 Å². The van der Waals surface area contributed by atoms with E-state index < -0.39 is 0 Å². The fraction of sp³-hybridized carbons (Fsp3) is 0.100. The molecular weight excluding hydrogens is 735 g/mol. The molecule has 0 saturated heterocycles. The van der Waals surface area contributed by atoms with Crippen molar-refractivity contribution in [3.63, 3.8) is 0 Å². The zero-order valence-electron chi connectivity index (χ0n) is 35.2. The molecule has 0 aliphatic heterocycles. The fourth-order valence-corrected chi connectivity index (χ4v) is 10.4. The largest absolute Gasteiger partial charge is 0.310 e. The SMILES string of the molecule is CC1(C)c2ccccc2-c2cc(N(c3ccc(-c4ccc(-c5ccccc5)c(-c5ccccc5)c4)cc3)c3ccccc3-c3cccc4c3-c3ccccc3C4(C)C)ccc21. The number of rotatable bonds is 7. The summed E-state index contributed by atoms with van der Waals surface area (Å²) in [7, 11) is 0. The molecule has 11 rings (SSSR count). The zero-order valence-corrected chi connectivity index (χ0v) is 35.2. The highest BCUT2D eigenvalue weighted by Gasteiger charge is 2.38. The smallest absolute Gasteiger partial charge is 0.0540 e. The highest BCUT2D eigenvalue weighted by atomic mass is 15.1. The summed E-state index contributed by atoms with van der Waals surface area (Å²) in [5, 5.41) is 0. The zero-order chi connectivity index (χ0) is 41.3. The molecule has 0 N–H and O–H groups in total. The first kappa shape index (κ1) is 36.8. The predicted molar refractivity (Wildman–Crippen MR) is 258 cm³/mol. The third-order valence-electron chi connectivity index (χ3n) is 13.5. The molecule has 0 atom stereocenters. The number of benzene rings is 9. The summed E-state index contributed by atoms with van der Waals surface area (Å²) in [4.78, 5) is 2.48. The first-order chi connectivity index (χ1) is 29.8. The predicted octanol–water partition coefficient (Wildman–Crippen LogP) is 16.4. The van der Waals surface area contributed by atoms with Gasteiger partial charge in [0.1, 0.15) is 0 Å². The van der Waals surface area contributed by atoms with Gasteiger partial charge in [-0.05, 0) is 120 Å². The average Bonchev–Trinajstić information content (AvgIpc) is 3.69. The van der Waals surface area contributed by atoms with Crippen molar-refractivity contribution in [3.05, 3.63) is 235 Å². The molecule has 0 aromatic heterocycles. The first-order valence-corrected chi connectivity index (χ1v) is 21.5. The lowest BCUT2D eigenvalue weighted by atomic mass is 9.82. The Kier molecular flexibility index (Phi) is 8.58. The standard InChI is InChI=1S/C60H47N/c1-59(2)53-26-14-11-22-47(53)52-39-45(35-37-55(52)59)61(57-29-16-13-23-48(57)49-25-17-28-56-58(49)50-24-12-15-27-54(50)60(56,3)4)44-33-30-40(31-34-44)43-32-36-46(41-18-7-5-8-19-41)51(38-43)42-20-9-6-10-21-42/h5-39H,1-4H3. The minimum Gasteiger partial charge on any atom is -0.310 e. The lowest BCUT2D eigenvalue weighted by Crippen LogP contribution is -2.15. The van der Waals surface area contributed by atoms with Crippen LogP contribution in [0.2, 0.25) is 0 Å². The van der Waals surface area contributed by atoms with Crippen LogP contribution in [0, 0.1) is 0 Å². The molecule has 2 aliphatic rings. The maximum absolute atomic E-state index is 2.48. The number of hydrogen-bond acceptors (Lipinski definition) is 1. The van der Waals surface area contributed by atoms with Gasteiger partial charge in [-0.25, -0.2) is 0 Å². The summed E-state index contributed by atoms with van der Waals surface area (Å²) in [6, 6.07) is 78.5. The number of hydrogen-bond donors (Lipinski definition) is 0. The Morgan fingerprint density at radius 1 is 0.279 bits per heavy atom. The van der Waals surface area contributed by atoms with Crippen molar-refractivity contribution in [2.75, 3.05) is 4.90 Å². The van der Waals surface area contributed by atoms with Crippen LogP contribution < -0.4 is 4.90 Å². The molecule has 61 heavy (non-hydrogen) atoms. The normalized spacial score (nSPS) is 13.8. The van der Waals surface area contributed by atoms with E-state index in [0.717, 1.165) is 17.1 Å². The second-order valence-electron chi connectivity index (χ2n) is 17.7. The van der Waals surface area contributed by atoms with Crippen LogP contribution in [0.15, 0.2) is 212 Å². The van der Waals surface area contributed by atoms with Gasteiger partial charge < -0.3 is 4.90 Å². The van der Waals surface area contributed by atoms with Crippen LogP contribution in [0.4, 0.5) is 17.1 Å². The Hall–Kier alpha value is -7.22. The number of fused-ring (bicyclic) bond motifs is 6. The van der Waals surface area contributed by atoms with E-state index >= 15 is 0 Å². The Morgan fingerprint density at radius 2 is 0.787 bits per heavy atom. The fourth-order valence-electron chi connectivity index (χ4n) is 10.4. The monoisotopic (exact) mass is 781 g/mol. The van der Waals surface area contributed by atoms with Crippen molar-refractivity contribution in [3.8, 4) is 66.8 Å². The molecular formula is C60H47N. The second kappa shape index (κ2) is 14.2. The van der Waals surface area contributed by atoms with Crippen LogP contribution >= 0.6 is 0 Å². The molecule has 9 aromatic carbocycles. The Labute approximate surface area is 360 Å². The maximum atomic E-state index is 2.48. The molecule has 0 bridgehead atoms. The Morgan fingerprint density at radius 3 is 1.51 bits per heavy atom. The minimum absolute atomic E-state index is 0.0751. The lowest BCUT2D eigenvalue weighted by Gasteiger charge is -2.30. The second-order valence-corrected chi connectivity index (χ2v) is 17.7. The average molecular weight is 782 g/mol. The quantitative estimate of drug-likeness (QED) is 0.156. The molecule has 0 unspecified atom stereocenters. The van der Waals surface area contributed by atoms with E-state index in [0.29, 0.717) is 0 Å². The van der Waals surface area contributed by atoms with Gasteiger partial charge in [-0.3, -0.25) is 0 Å². The van der Waals surface area contributed by atoms with Crippen LogP contribution in [0.1, 0.15) is 49.9 Å². The first-order valence-electron chi connectivity index (χ1n) is 21.5. The number of nitrogens with zero attached hydrogens (tertiary/aromatic N) is 1. The Bertz CT molecular complexity index is 3120. The van der Waals surface area contributed by atoms with Crippen molar-refractivity contribution >= 4 is 17.1 Å². The molecule has 9 aromatic rings. The van der Waals surface area contributed by atoms with E-state index in [-0.39, 0.29) is 10.8 Å². The van der Waals surface area contributed by atoms with Crippen LogP contribution in [-0.2, 0) is 10.8 Å². The molecule has 0 fully saturated rings. The van der Waals surface area contributed by atoms with E-state index in [1.165, 1.54) is 89.0 Å². The lowest BCUT2D eigenvalue weighted by molar-refractivity contribution is 0.660. The minimum atomic E-state index is -0.0910. The van der Waals surface area contributed by atoms with E-state index in [2.05, 4.69) is 245 Å². The van der Waals surface area contributed by atoms with E-state index in [9.17, 15) is 0 Å². The van der Waals surface area contributed by atoms with E-state index in [1.54, 1.807) is 0 Å². The molecule has 0 amide bonds. The van der Waals surface area contributed by atoms with Gasteiger partial charge in [0.2, 0.25) is 0 Å². The van der Waals surface area contributed by atoms with Gasteiger partial charge in [0.15, 0.2) is 0 Å². The highest BCUT2D eigenvalue weighted by Crippen LogP contribution is 2.55. The molecule has 1 nitrogen and oxygen atoms in total. The van der Waals surface area contributed by atoms with Crippen LogP contribution in [0.25, 0.3) is 66.8 Å². The van der Waals surface area contributed by atoms with E-state index in [4.69, 9.17) is 0 Å². The van der Waals surface area contributed by atoms with Crippen LogP contribution in [-0.4, -0.2) is 0 Å². The third-order valence-corrected chi connectivity index (χ3v) is 13.5. The topological polar surface area (TPSA) is 3.24 Å². The number of para-hydroxylation sites is 1. The summed E-state index contributed by atoms with van der Waals surface area (Å²) >= 11 is 0. The highest BCUT2D eigenvalue weighted by molar-refractivity contribution is 5.99. The van der Waals surface area contributed by atoms with Gasteiger partial charge in [-0.15, -0.1) is 0 Å². The third kappa shape index (κ3) is 5.91. The maximum Gasteiger partial charge on any atom is 0.0540 e. The molecule has 292 valence electrons. The summed E-state index contributed by atoms with van der Waals surface area (Å²) < 4.78 is 0.